The first-order valence-corrected chi connectivity index (χ1v) is 12.8. The molecule has 0 saturated heterocycles. The number of esters is 1. The van der Waals surface area contributed by atoms with Gasteiger partial charge in [0.25, 0.3) is 0 Å². The number of likely N-dealkylation sites (N-methyl/N-ethyl adjacent to an activating group) is 1. The summed E-state index contributed by atoms with van der Waals surface area (Å²) in [5, 5.41) is 23.1. The number of phenolic OH excluding ortho intramolecular Hbond substituents is 1. The number of fused-ring (bicyclic) bond motifs is 3. The van der Waals surface area contributed by atoms with Crippen molar-refractivity contribution in [3.05, 3.63) is 28.8 Å². The molecular weight excluding hydrogens is 508 g/mol. The third-order valence-corrected chi connectivity index (χ3v) is 8.57. The maximum atomic E-state index is 14.2. The fraction of sp³-hybridized carbons (Fsp3) is 0.571. The Morgan fingerprint density at radius 3 is 2.15 bits per heavy atom. The molecule has 0 aromatic heterocycles. The van der Waals surface area contributed by atoms with Crippen LogP contribution in [0.1, 0.15) is 62.0 Å². The molecule has 1 amide bonds. The van der Waals surface area contributed by atoms with Gasteiger partial charge in [-0.25, -0.2) is 0 Å². The maximum absolute atomic E-state index is 14.2. The van der Waals surface area contributed by atoms with Crippen molar-refractivity contribution in [2.75, 3.05) is 14.1 Å². The SMILES string of the molecule is CC(=O)O[C@H]1[C@H]2C(C(=O)c3c(ccc(C(C)(C)C)c3O)[C@@H]2C)C(=O)[C@]2(O)C(=O)C(C(N)=O)C(=O)[C@@H](N(C)C)[C@H]12. The number of nitrogens with two attached hydrogens (primary N) is 1. The molecule has 210 valence electrons. The maximum Gasteiger partial charge on any atom is 0.302 e. The summed E-state index contributed by atoms with van der Waals surface area (Å²) < 4.78 is 5.65. The summed E-state index contributed by atoms with van der Waals surface area (Å²) >= 11 is 0. The number of aliphatic hydroxyl groups is 1. The average Bonchev–Trinajstić information content (AvgIpc) is 2.79. The number of hydrogen-bond acceptors (Lipinski definition) is 10. The lowest BCUT2D eigenvalue weighted by Gasteiger charge is -2.56. The number of ketones is 4. The Labute approximate surface area is 225 Å². The Bertz CT molecular complexity index is 1330. The average molecular weight is 543 g/mol. The van der Waals surface area contributed by atoms with Crippen molar-refractivity contribution in [2.45, 2.75) is 63.7 Å². The van der Waals surface area contributed by atoms with Gasteiger partial charge in [0.05, 0.1) is 23.4 Å². The van der Waals surface area contributed by atoms with E-state index < -0.39 is 87.8 Å². The molecule has 4 N–H and O–H groups in total. The fourth-order valence-electron chi connectivity index (χ4n) is 6.90. The first-order valence-electron chi connectivity index (χ1n) is 12.8. The molecule has 3 aliphatic rings. The van der Waals surface area contributed by atoms with E-state index in [0.717, 1.165) is 6.92 Å². The smallest absolute Gasteiger partial charge is 0.302 e. The number of carbonyl (C=O) groups is 6. The number of nitrogens with zero attached hydrogens (tertiary/aromatic N) is 1. The van der Waals surface area contributed by atoms with Gasteiger partial charge >= 0.3 is 5.97 Å². The zero-order chi connectivity index (χ0) is 29.5. The van der Waals surface area contributed by atoms with Crippen molar-refractivity contribution in [1.82, 2.24) is 4.90 Å². The summed E-state index contributed by atoms with van der Waals surface area (Å²) in [4.78, 5) is 81.1. The first kappa shape index (κ1) is 28.6. The summed E-state index contributed by atoms with van der Waals surface area (Å²) in [5.74, 6) is -14.1. The summed E-state index contributed by atoms with van der Waals surface area (Å²) in [5.41, 5.74) is 2.53. The van der Waals surface area contributed by atoms with Crippen molar-refractivity contribution in [3.8, 4) is 5.75 Å². The summed E-state index contributed by atoms with van der Waals surface area (Å²) in [6.07, 6.45) is -1.44. The number of ether oxygens (including phenoxy) is 1. The van der Waals surface area contributed by atoms with Crippen LogP contribution in [0.15, 0.2) is 12.1 Å². The van der Waals surface area contributed by atoms with Gasteiger partial charge in [0.1, 0.15) is 11.9 Å². The number of phenols is 1. The lowest BCUT2D eigenvalue weighted by atomic mass is 9.49. The Hall–Kier alpha value is -3.44. The zero-order valence-corrected chi connectivity index (χ0v) is 23.0. The highest BCUT2D eigenvalue weighted by atomic mass is 16.5. The molecule has 1 aromatic carbocycles. The minimum atomic E-state index is -3.03. The van der Waals surface area contributed by atoms with Gasteiger partial charge in [-0.15, -0.1) is 0 Å². The lowest BCUT2D eigenvalue weighted by molar-refractivity contribution is -0.205. The van der Waals surface area contributed by atoms with Gasteiger partial charge in [0.15, 0.2) is 34.7 Å². The van der Waals surface area contributed by atoms with Crippen molar-refractivity contribution in [3.63, 3.8) is 0 Å². The highest BCUT2D eigenvalue weighted by Gasteiger charge is 2.74. The number of benzene rings is 1. The first-order chi connectivity index (χ1) is 17.9. The summed E-state index contributed by atoms with van der Waals surface area (Å²) in [6, 6.07) is 1.95. The quantitative estimate of drug-likeness (QED) is 0.354. The van der Waals surface area contributed by atoms with E-state index in [1.54, 1.807) is 19.1 Å². The number of rotatable bonds is 3. The third kappa shape index (κ3) is 3.85. The second-order valence-electron chi connectivity index (χ2n) is 12.1. The van der Waals surface area contributed by atoms with E-state index in [9.17, 15) is 39.0 Å². The number of carbonyl (C=O) groups excluding carboxylic acids is 6. The van der Waals surface area contributed by atoms with Gasteiger partial charge in [-0.1, -0.05) is 39.8 Å². The number of aromatic hydroxyl groups is 1. The predicted molar refractivity (Wildman–Crippen MR) is 136 cm³/mol. The molecule has 2 unspecified atom stereocenters. The van der Waals surface area contributed by atoms with Crippen LogP contribution < -0.4 is 5.73 Å². The van der Waals surface area contributed by atoms with E-state index in [0.29, 0.717) is 11.1 Å². The van der Waals surface area contributed by atoms with Crippen LogP contribution in [0.25, 0.3) is 0 Å². The summed E-state index contributed by atoms with van der Waals surface area (Å²) in [6.45, 7) is 8.31. The molecule has 11 nitrogen and oxygen atoms in total. The molecule has 2 saturated carbocycles. The van der Waals surface area contributed by atoms with Gasteiger partial charge < -0.3 is 20.7 Å². The highest BCUT2D eigenvalue weighted by molar-refractivity contribution is 6.32. The molecular formula is C28H34N2O9. The molecule has 3 aliphatic carbocycles. The molecule has 39 heavy (non-hydrogen) atoms. The number of hydrogen-bond donors (Lipinski definition) is 3. The topological polar surface area (TPSA) is 181 Å². The van der Waals surface area contributed by atoms with Gasteiger partial charge in [-0.05, 0) is 36.6 Å². The number of amides is 1. The van der Waals surface area contributed by atoms with Crippen LogP contribution >= 0.6 is 0 Å². The Kier molecular flexibility index (Phi) is 6.63. The van der Waals surface area contributed by atoms with Crippen molar-refractivity contribution in [1.29, 1.82) is 0 Å². The van der Waals surface area contributed by atoms with E-state index in [1.807, 2.05) is 20.8 Å². The Balaban J connectivity index is 2.03. The van der Waals surface area contributed by atoms with Crippen LogP contribution in [0.4, 0.5) is 0 Å². The molecule has 0 bridgehead atoms. The summed E-state index contributed by atoms with van der Waals surface area (Å²) in [7, 11) is 2.91. The fourth-order valence-corrected chi connectivity index (χ4v) is 6.90. The van der Waals surface area contributed by atoms with E-state index in [1.165, 1.54) is 19.0 Å². The van der Waals surface area contributed by atoms with Gasteiger partial charge in [0.2, 0.25) is 5.91 Å². The molecule has 11 heteroatoms. The zero-order valence-electron chi connectivity index (χ0n) is 23.0. The standard InChI is InChI=1S/C28H34N2O9/c1-10-12-8-9-13(27(3,4)5)20(32)15(12)21(33)16-14(10)23(39-11(2)31)18-19(30(6)7)22(34)17(26(29)37)25(36)28(18,38)24(16)35/h8-10,14,16-19,23,32,38H,1-7H3,(H2,29,37)/t10-,14+,16?,17?,18+,19-,23-,28-/m0/s1. The van der Waals surface area contributed by atoms with Crippen LogP contribution in [-0.2, 0) is 34.1 Å². The van der Waals surface area contributed by atoms with Crippen LogP contribution in [-0.4, -0.2) is 82.0 Å². The largest absolute Gasteiger partial charge is 0.507 e. The molecule has 4 rings (SSSR count). The third-order valence-electron chi connectivity index (χ3n) is 8.57. The Morgan fingerprint density at radius 1 is 1.08 bits per heavy atom. The van der Waals surface area contributed by atoms with E-state index in [2.05, 4.69) is 0 Å². The highest BCUT2D eigenvalue weighted by Crippen LogP contribution is 2.56. The van der Waals surface area contributed by atoms with Crippen molar-refractivity contribution >= 4 is 35.0 Å². The van der Waals surface area contributed by atoms with Crippen LogP contribution in [0.2, 0.25) is 0 Å². The number of primary amides is 1. The van der Waals surface area contributed by atoms with Gasteiger partial charge in [-0.2, -0.15) is 0 Å². The predicted octanol–water partition coefficient (Wildman–Crippen LogP) is 0.267. The molecule has 0 spiro atoms. The second-order valence-corrected chi connectivity index (χ2v) is 12.1. The van der Waals surface area contributed by atoms with Crippen LogP contribution in [0.3, 0.4) is 0 Å². The van der Waals surface area contributed by atoms with Crippen LogP contribution in [0, 0.1) is 23.7 Å². The Morgan fingerprint density at radius 2 is 1.67 bits per heavy atom. The molecule has 1 aromatic rings. The molecule has 8 atom stereocenters. The van der Waals surface area contributed by atoms with E-state index in [4.69, 9.17) is 10.5 Å². The van der Waals surface area contributed by atoms with E-state index in [-0.39, 0.29) is 11.3 Å². The molecule has 0 radical (unpaired) electrons. The van der Waals surface area contributed by atoms with Gasteiger partial charge in [0, 0.05) is 12.8 Å². The second kappa shape index (κ2) is 9.06. The van der Waals surface area contributed by atoms with Crippen molar-refractivity contribution in [2.24, 2.45) is 29.4 Å². The van der Waals surface area contributed by atoms with Gasteiger partial charge in [-0.3, -0.25) is 33.7 Å². The minimum absolute atomic E-state index is 0.108. The van der Waals surface area contributed by atoms with E-state index >= 15 is 0 Å². The lowest BCUT2D eigenvalue weighted by Crippen LogP contribution is -2.78. The molecule has 0 heterocycles. The molecule has 0 aliphatic heterocycles. The molecule has 2 fully saturated rings. The van der Waals surface area contributed by atoms with Crippen LogP contribution in [0.5, 0.6) is 5.75 Å². The number of Topliss-reactive ketones (excluding diaryl/α,β-unsaturated/α-hetero) is 4. The minimum Gasteiger partial charge on any atom is -0.507 e. The monoisotopic (exact) mass is 542 g/mol. The normalized spacial score (nSPS) is 34.3. The van der Waals surface area contributed by atoms with Crippen molar-refractivity contribution < 1.29 is 43.7 Å².